The molecule has 0 bridgehead atoms. The van der Waals surface area contributed by atoms with E-state index in [2.05, 4.69) is 16.0 Å². The van der Waals surface area contributed by atoms with Gasteiger partial charge >= 0.3 is 5.69 Å². The number of nitrogens with zero attached hydrogens (tertiary/aromatic N) is 2. The van der Waals surface area contributed by atoms with Crippen molar-refractivity contribution in [3.63, 3.8) is 0 Å². The number of nitro benzene ring substituents is 2. The van der Waals surface area contributed by atoms with Gasteiger partial charge in [0.25, 0.3) is 5.69 Å². The number of benzene rings is 2. The summed E-state index contributed by atoms with van der Waals surface area (Å²) in [5.74, 6) is 0. The number of nitrogen functional groups attached to an aromatic ring is 1. The quantitative estimate of drug-likeness (QED) is 0.114. The molecule has 13 heteroatoms. The summed E-state index contributed by atoms with van der Waals surface area (Å²) in [5.41, 5.74) is 8.00. The number of anilines is 4. The lowest BCUT2D eigenvalue weighted by atomic mass is 10.1. The maximum absolute atomic E-state index is 11.2. The Morgan fingerprint density at radius 1 is 1.03 bits per heavy atom. The standard InChI is InChI=1S/C12H19N3O4.C9H13N3O3/c1-3-9-4-5-10(14-8(2)17)12(15(18)19)11(9)13-6-7-16;1-5-3-7(10)9(12(14)15)4-8(5)11-6(2)13/h4-5,8,13-14,16-17H,3,6-7H2,1-2H3;3-4,6,11,13H,10H2,1-2H3. The molecule has 0 spiro atoms. The molecule has 0 fully saturated rings. The zero-order valence-electron chi connectivity index (χ0n) is 19.5. The molecule has 13 nitrogen and oxygen atoms in total. The SMILES string of the molecule is CCc1ccc(NC(C)O)c([N+](=O)[O-])c1NCCO.Cc1cc(N)c([N+](=O)[O-])cc1NC(C)O. The molecule has 8 N–H and O–H groups in total. The molecule has 0 amide bonds. The summed E-state index contributed by atoms with van der Waals surface area (Å²) in [4.78, 5) is 20.8. The maximum Gasteiger partial charge on any atom is 0.315 e. The summed E-state index contributed by atoms with van der Waals surface area (Å²) in [7, 11) is 0. The Morgan fingerprint density at radius 2 is 1.62 bits per heavy atom. The predicted octanol–water partition coefficient (Wildman–Crippen LogP) is 2.55. The minimum atomic E-state index is -0.892. The summed E-state index contributed by atoms with van der Waals surface area (Å²) in [6.45, 7) is 6.77. The second-order valence-electron chi connectivity index (χ2n) is 7.38. The molecule has 34 heavy (non-hydrogen) atoms. The normalized spacial score (nSPS) is 12.1. The van der Waals surface area contributed by atoms with Gasteiger partial charge in [-0.2, -0.15) is 0 Å². The van der Waals surface area contributed by atoms with E-state index in [0.29, 0.717) is 17.8 Å². The van der Waals surface area contributed by atoms with E-state index in [4.69, 9.17) is 15.9 Å². The zero-order chi connectivity index (χ0) is 26.0. The van der Waals surface area contributed by atoms with Gasteiger partial charge < -0.3 is 37.0 Å². The number of nitro groups is 2. The minimum Gasteiger partial charge on any atom is -0.395 e. The van der Waals surface area contributed by atoms with Crippen LogP contribution in [0.1, 0.15) is 31.9 Å². The fourth-order valence-electron chi connectivity index (χ4n) is 3.09. The van der Waals surface area contributed by atoms with Crippen molar-refractivity contribution in [1.29, 1.82) is 0 Å². The van der Waals surface area contributed by atoms with E-state index >= 15 is 0 Å². The van der Waals surface area contributed by atoms with E-state index in [-0.39, 0.29) is 35.9 Å². The van der Waals surface area contributed by atoms with Gasteiger partial charge in [0.05, 0.1) is 16.5 Å². The van der Waals surface area contributed by atoms with Gasteiger partial charge in [-0.3, -0.25) is 20.2 Å². The Bertz CT molecular complexity index is 998. The third-order valence-electron chi connectivity index (χ3n) is 4.54. The van der Waals surface area contributed by atoms with Crippen molar-refractivity contribution < 1.29 is 25.2 Å². The van der Waals surface area contributed by atoms with Crippen LogP contribution in [0.15, 0.2) is 24.3 Å². The number of hydrogen-bond acceptors (Lipinski definition) is 11. The molecule has 0 aliphatic rings. The van der Waals surface area contributed by atoms with Gasteiger partial charge in [-0.15, -0.1) is 0 Å². The minimum absolute atomic E-state index is 0.117. The topological polar surface area (TPSA) is 209 Å². The summed E-state index contributed by atoms with van der Waals surface area (Å²) < 4.78 is 0. The average Bonchev–Trinajstić information content (AvgIpc) is 2.73. The van der Waals surface area contributed by atoms with Gasteiger partial charge in [-0.05, 0) is 50.5 Å². The zero-order valence-corrected chi connectivity index (χ0v) is 19.5. The molecule has 0 aliphatic carbocycles. The van der Waals surface area contributed by atoms with Crippen LogP contribution >= 0.6 is 0 Å². The highest BCUT2D eigenvalue weighted by Crippen LogP contribution is 2.36. The Hall–Kier alpha value is -3.68. The van der Waals surface area contributed by atoms with E-state index in [0.717, 1.165) is 11.1 Å². The average molecular weight is 481 g/mol. The van der Waals surface area contributed by atoms with E-state index in [1.165, 1.54) is 26.0 Å². The number of rotatable bonds is 10. The Labute approximate surface area is 196 Å². The first kappa shape index (κ1) is 28.4. The van der Waals surface area contributed by atoms with Crippen molar-refractivity contribution >= 4 is 34.1 Å². The molecular weight excluding hydrogens is 448 g/mol. The highest BCUT2D eigenvalue weighted by molar-refractivity contribution is 5.79. The van der Waals surface area contributed by atoms with Crippen molar-refractivity contribution in [3.05, 3.63) is 55.6 Å². The van der Waals surface area contributed by atoms with Gasteiger partial charge in [0.15, 0.2) is 0 Å². The van der Waals surface area contributed by atoms with Crippen LogP contribution in [0.25, 0.3) is 0 Å². The molecule has 2 atom stereocenters. The van der Waals surface area contributed by atoms with Crippen molar-refractivity contribution in [1.82, 2.24) is 0 Å². The van der Waals surface area contributed by atoms with Crippen molar-refractivity contribution in [2.45, 2.75) is 46.6 Å². The second-order valence-corrected chi connectivity index (χ2v) is 7.38. The lowest BCUT2D eigenvalue weighted by Gasteiger charge is -2.15. The van der Waals surface area contributed by atoms with E-state index in [9.17, 15) is 25.3 Å². The van der Waals surface area contributed by atoms with Crippen LogP contribution in [-0.4, -0.2) is 50.8 Å². The van der Waals surface area contributed by atoms with Crippen molar-refractivity contribution in [2.24, 2.45) is 0 Å². The third-order valence-corrected chi connectivity index (χ3v) is 4.54. The van der Waals surface area contributed by atoms with Crippen LogP contribution in [0.2, 0.25) is 0 Å². The lowest BCUT2D eigenvalue weighted by Crippen LogP contribution is -2.16. The number of aliphatic hydroxyl groups excluding tert-OH is 3. The van der Waals surface area contributed by atoms with Gasteiger partial charge in [-0.1, -0.05) is 13.0 Å². The van der Waals surface area contributed by atoms with E-state index < -0.39 is 22.3 Å². The lowest BCUT2D eigenvalue weighted by molar-refractivity contribution is -0.383. The van der Waals surface area contributed by atoms with Crippen LogP contribution < -0.4 is 21.7 Å². The number of aliphatic hydroxyl groups is 3. The maximum atomic E-state index is 11.2. The molecule has 2 unspecified atom stereocenters. The van der Waals surface area contributed by atoms with Gasteiger partial charge in [0.1, 0.15) is 29.5 Å². The summed E-state index contributed by atoms with van der Waals surface area (Å²) in [5, 5.41) is 57.3. The summed E-state index contributed by atoms with van der Waals surface area (Å²) in [6.07, 6.45) is -1.03. The van der Waals surface area contributed by atoms with E-state index in [1.807, 2.05) is 6.92 Å². The Balaban J connectivity index is 0.000000350. The largest absolute Gasteiger partial charge is 0.395 e. The van der Waals surface area contributed by atoms with Crippen LogP contribution in [-0.2, 0) is 6.42 Å². The molecule has 2 aromatic carbocycles. The van der Waals surface area contributed by atoms with E-state index in [1.54, 1.807) is 19.1 Å². The highest BCUT2D eigenvalue weighted by atomic mass is 16.6. The molecule has 188 valence electrons. The number of nitrogens with two attached hydrogens (primary N) is 1. The summed E-state index contributed by atoms with van der Waals surface area (Å²) in [6, 6.07) is 6.16. The van der Waals surface area contributed by atoms with Gasteiger partial charge in [-0.25, -0.2) is 0 Å². The van der Waals surface area contributed by atoms with Crippen molar-refractivity contribution in [3.8, 4) is 0 Å². The highest BCUT2D eigenvalue weighted by Gasteiger charge is 2.23. The summed E-state index contributed by atoms with van der Waals surface area (Å²) >= 11 is 0. The van der Waals surface area contributed by atoms with Gasteiger partial charge in [0.2, 0.25) is 0 Å². The Kier molecular flexibility index (Phi) is 10.9. The molecule has 0 heterocycles. The first-order chi connectivity index (χ1) is 15.9. The smallest absolute Gasteiger partial charge is 0.315 e. The van der Waals surface area contributed by atoms with Gasteiger partial charge in [0, 0.05) is 18.3 Å². The molecule has 2 rings (SSSR count). The fraction of sp³-hybridized carbons (Fsp3) is 0.429. The predicted molar refractivity (Wildman–Crippen MR) is 131 cm³/mol. The first-order valence-electron chi connectivity index (χ1n) is 10.5. The monoisotopic (exact) mass is 480 g/mol. The molecule has 0 radical (unpaired) electrons. The van der Waals surface area contributed by atoms with Crippen LogP contribution in [0.5, 0.6) is 0 Å². The third kappa shape index (κ3) is 8.03. The number of nitrogens with one attached hydrogen (secondary N) is 3. The number of aryl methyl sites for hydroxylation is 2. The fourth-order valence-corrected chi connectivity index (χ4v) is 3.09. The first-order valence-corrected chi connectivity index (χ1v) is 10.5. The van der Waals surface area contributed by atoms with Crippen LogP contribution in [0.3, 0.4) is 0 Å². The molecule has 0 saturated heterocycles. The number of hydrogen-bond donors (Lipinski definition) is 7. The second kappa shape index (κ2) is 13.1. The van der Waals surface area contributed by atoms with Crippen molar-refractivity contribution in [2.75, 3.05) is 34.8 Å². The molecule has 0 aliphatic heterocycles. The molecule has 0 aromatic heterocycles. The van der Waals surface area contributed by atoms with Crippen LogP contribution in [0, 0.1) is 27.2 Å². The molecule has 0 saturated carbocycles. The molecule has 2 aromatic rings. The Morgan fingerprint density at radius 3 is 2.09 bits per heavy atom. The van der Waals surface area contributed by atoms with Crippen LogP contribution in [0.4, 0.5) is 34.1 Å². The molecular formula is C21H32N6O7.